The molecule has 0 bridgehead atoms. The second-order valence-electron chi connectivity index (χ2n) is 2.91. The number of halogens is 2. The Morgan fingerprint density at radius 2 is 2.08 bits per heavy atom. The number of rotatable bonds is 3. The van der Waals surface area contributed by atoms with E-state index >= 15 is 0 Å². The number of hydrogen-bond donors (Lipinski definition) is 0. The van der Waals surface area contributed by atoms with Crippen LogP contribution < -0.4 is 0 Å². The monoisotopic (exact) mass is 230 g/mol. The van der Waals surface area contributed by atoms with Crippen molar-refractivity contribution < 1.29 is 4.39 Å². The standard InChI is InChI=1S/C10H12BrF/c1-8(12)6-7-9-4-2-3-5-10(9)11/h2-5,8H,6-7H2,1H3. The van der Waals surface area contributed by atoms with E-state index in [2.05, 4.69) is 15.9 Å². The average molecular weight is 231 g/mol. The SMILES string of the molecule is CC(F)CCc1ccccc1Br. The molecule has 0 N–H and O–H groups in total. The van der Waals surface area contributed by atoms with E-state index in [9.17, 15) is 4.39 Å². The molecular formula is C10H12BrF. The van der Waals surface area contributed by atoms with Gasteiger partial charge in [0.25, 0.3) is 0 Å². The minimum Gasteiger partial charge on any atom is -0.248 e. The predicted molar refractivity (Wildman–Crippen MR) is 53.0 cm³/mol. The number of hydrogen-bond acceptors (Lipinski definition) is 0. The minimum atomic E-state index is -0.711. The predicted octanol–water partition coefficient (Wildman–Crippen LogP) is 3.74. The molecule has 0 aliphatic carbocycles. The van der Waals surface area contributed by atoms with Gasteiger partial charge in [-0.25, -0.2) is 4.39 Å². The molecule has 0 fully saturated rings. The Bertz CT molecular complexity index is 245. The van der Waals surface area contributed by atoms with Crippen molar-refractivity contribution in [3.05, 3.63) is 34.3 Å². The lowest BCUT2D eigenvalue weighted by Crippen LogP contribution is -1.96. The summed E-state index contributed by atoms with van der Waals surface area (Å²) in [5, 5.41) is 0. The van der Waals surface area contributed by atoms with E-state index in [1.54, 1.807) is 6.92 Å². The van der Waals surface area contributed by atoms with Crippen molar-refractivity contribution in [2.45, 2.75) is 25.9 Å². The third kappa shape index (κ3) is 2.94. The molecule has 0 heterocycles. The summed E-state index contributed by atoms with van der Waals surface area (Å²) in [6, 6.07) is 7.94. The van der Waals surface area contributed by atoms with Crippen molar-refractivity contribution >= 4 is 15.9 Å². The first kappa shape index (κ1) is 9.72. The zero-order chi connectivity index (χ0) is 8.97. The van der Waals surface area contributed by atoms with Crippen molar-refractivity contribution in [2.24, 2.45) is 0 Å². The van der Waals surface area contributed by atoms with Crippen LogP contribution in [-0.2, 0) is 6.42 Å². The van der Waals surface area contributed by atoms with Crippen LogP contribution in [0.3, 0.4) is 0 Å². The zero-order valence-corrected chi connectivity index (χ0v) is 8.64. The normalized spacial score (nSPS) is 12.9. The minimum absolute atomic E-state index is 0.600. The zero-order valence-electron chi connectivity index (χ0n) is 7.06. The molecule has 0 saturated heterocycles. The second-order valence-corrected chi connectivity index (χ2v) is 3.77. The summed E-state index contributed by atoms with van der Waals surface area (Å²) in [4.78, 5) is 0. The van der Waals surface area contributed by atoms with Gasteiger partial charge in [-0.1, -0.05) is 34.1 Å². The Morgan fingerprint density at radius 3 is 2.67 bits per heavy atom. The Morgan fingerprint density at radius 1 is 1.42 bits per heavy atom. The van der Waals surface area contributed by atoms with Gasteiger partial charge in [-0.05, 0) is 31.4 Å². The molecular weight excluding hydrogens is 219 g/mol. The molecule has 0 nitrogen and oxygen atoms in total. The molecule has 2 heteroatoms. The lowest BCUT2D eigenvalue weighted by Gasteiger charge is -2.04. The van der Waals surface area contributed by atoms with Crippen molar-refractivity contribution in [3.8, 4) is 0 Å². The summed E-state index contributed by atoms with van der Waals surface area (Å²) >= 11 is 3.42. The van der Waals surface area contributed by atoms with Gasteiger partial charge in [0, 0.05) is 4.47 Å². The number of alkyl halides is 1. The largest absolute Gasteiger partial charge is 0.248 e. The van der Waals surface area contributed by atoms with Crippen LogP contribution in [0.2, 0.25) is 0 Å². The maximum absolute atomic E-state index is 12.5. The number of aryl methyl sites for hydroxylation is 1. The molecule has 1 rings (SSSR count). The molecule has 1 unspecified atom stereocenters. The lowest BCUT2D eigenvalue weighted by molar-refractivity contribution is 0.341. The summed E-state index contributed by atoms with van der Waals surface area (Å²) in [6.07, 6.45) is 0.693. The lowest BCUT2D eigenvalue weighted by atomic mass is 10.1. The Labute approximate surface area is 80.9 Å². The quantitative estimate of drug-likeness (QED) is 0.743. The fourth-order valence-electron chi connectivity index (χ4n) is 1.06. The molecule has 1 aromatic rings. The van der Waals surface area contributed by atoms with Gasteiger partial charge in [-0.3, -0.25) is 0 Å². The topological polar surface area (TPSA) is 0 Å². The van der Waals surface area contributed by atoms with E-state index in [4.69, 9.17) is 0 Å². The van der Waals surface area contributed by atoms with Gasteiger partial charge in [0.2, 0.25) is 0 Å². The summed E-state index contributed by atoms with van der Waals surface area (Å²) in [7, 11) is 0. The maximum Gasteiger partial charge on any atom is 0.0976 e. The molecule has 0 spiro atoms. The summed E-state index contributed by atoms with van der Waals surface area (Å²) in [5.41, 5.74) is 1.18. The van der Waals surface area contributed by atoms with Crippen molar-refractivity contribution in [2.75, 3.05) is 0 Å². The first-order chi connectivity index (χ1) is 5.70. The van der Waals surface area contributed by atoms with E-state index in [1.807, 2.05) is 24.3 Å². The van der Waals surface area contributed by atoms with Gasteiger partial charge in [0.15, 0.2) is 0 Å². The highest BCUT2D eigenvalue weighted by atomic mass is 79.9. The molecule has 12 heavy (non-hydrogen) atoms. The van der Waals surface area contributed by atoms with Crippen LogP contribution in [0.25, 0.3) is 0 Å². The van der Waals surface area contributed by atoms with Gasteiger partial charge in [-0.2, -0.15) is 0 Å². The Hall–Kier alpha value is -0.370. The van der Waals surface area contributed by atoms with Gasteiger partial charge in [0.05, 0.1) is 6.17 Å². The van der Waals surface area contributed by atoms with Crippen LogP contribution in [0, 0.1) is 0 Å². The van der Waals surface area contributed by atoms with E-state index in [0.29, 0.717) is 6.42 Å². The molecule has 0 aromatic heterocycles. The third-order valence-corrected chi connectivity index (χ3v) is 2.54. The fraction of sp³-hybridized carbons (Fsp3) is 0.400. The first-order valence-corrected chi connectivity index (χ1v) is 4.87. The molecule has 1 atom stereocenters. The van der Waals surface area contributed by atoms with E-state index in [1.165, 1.54) is 5.56 Å². The van der Waals surface area contributed by atoms with E-state index in [-0.39, 0.29) is 0 Å². The molecule has 1 aromatic carbocycles. The molecule has 0 saturated carbocycles. The van der Waals surface area contributed by atoms with Gasteiger partial charge in [-0.15, -0.1) is 0 Å². The maximum atomic E-state index is 12.5. The van der Waals surface area contributed by atoms with Crippen LogP contribution in [0.15, 0.2) is 28.7 Å². The molecule has 0 aliphatic rings. The van der Waals surface area contributed by atoms with E-state index < -0.39 is 6.17 Å². The highest BCUT2D eigenvalue weighted by molar-refractivity contribution is 9.10. The van der Waals surface area contributed by atoms with Crippen LogP contribution in [0.1, 0.15) is 18.9 Å². The van der Waals surface area contributed by atoms with Gasteiger partial charge in [0.1, 0.15) is 0 Å². The first-order valence-electron chi connectivity index (χ1n) is 4.07. The van der Waals surface area contributed by atoms with Crippen LogP contribution in [0.4, 0.5) is 4.39 Å². The molecule has 0 amide bonds. The fourth-order valence-corrected chi connectivity index (χ4v) is 1.54. The number of benzene rings is 1. The second kappa shape index (κ2) is 4.61. The molecule has 0 aliphatic heterocycles. The summed E-state index contributed by atoms with van der Waals surface area (Å²) < 4.78 is 13.6. The smallest absolute Gasteiger partial charge is 0.0976 e. The van der Waals surface area contributed by atoms with Crippen LogP contribution in [-0.4, -0.2) is 6.17 Å². The van der Waals surface area contributed by atoms with Crippen molar-refractivity contribution in [3.63, 3.8) is 0 Å². The van der Waals surface area contributed by atoms with Crippen LogP contribution >= 0.6 is 15.9 Å². The summed E-state index contributed by atoms with van der Waals surface area (Å²) in [5.74, 6) is 0. The average Bonchev–Trinajstić information content (AvgIpc) is 2.03. The molecule has 0 radical (unpaired) electrons. The Balaban J connectivity index is 2.57. The van der Waals surface area contributed by atoms with Gasteiger partial charge >= 0.3 is 0 Å². The highest BCUT2D eigenvalue weighted by Gasteiger charge is 2.01. The molecule has 66 valence electrons. The van der Waals surface area contributed by atoms with Gasteiger partial charge < -0.3 is 0 Å². The Kier molecular flexibility index (Phi) is 3.73. The third-order valence-electron chi connectivity index (χ3n) is 1.77. The van der Waals surface area contributed by atoms with Crippen LogP contribution in [0.5, 0.6) is 0 Å². The summed E-state index contributed by atoms with van der Waals surface area (Å²) in [6.45, 7) is 1.59. The highest BCUT2D eigenvalue weighted by Crippen LogP contribution is 2.18. The van der Waals surface area contributed by atoms with Crippen molar-refractivity contribution in [1.82, 2.24) is 0 Å². The van der Waals surface area contributed by atoms with Crippen molar-refractivity contribution in [1.29, 1.82) is 0 Å². The van der Waals surface area contributed by atoms with E-state index in [0.717, 1.165) is 10.9 Å².